The Balaban J connectivity index is 1.62. The van der Waals surface area contributed by atoms with E-state index in [0.29, 0.717) is 5.75 Å². The van der Waals surface area contributed by atoms with E-state index in [0.717, 1.165) is 21.4 Å². The highest BCUT2D eigenvalue weighted by Gasteiger charge is 2.48. The summed E-state index contributed by atoms with van der Waals surface area (Å²) in [6.07, 6.45) is 1.83. The predicted octanol–water partition coefficient (Wildman–Crippen LogP) is 4.91. The summed E-state index contributed by atoms with van der Waals surface area (Å²) in [6.45, 7) is 1.62. The van der Waals surface area contributed by atoms with E-state index in [1.54, 1.807) is 32.4 Å². The number of imide groups is 1. The summed E-state index contributed by atoms with van der Waals surface area (Å²) in [5.41, 5.74) is -3.95. The summed E-state index contributed by atoms with van der Waals surface area (Å²) >= 11 is -0.261. The monoisotopic (exact) mass is 461 g/mol. The minimum Gasteiger partial charge on any atom is -0.497 e. The number of carbonyl (C=O) groups is 2. The van der Waals surface area contributed by atoms with E-state index in [4.69, 9.17) is 4.74 Å². The lowest BCUT2D eigenvalue weighted by atomic mass is 9.91. The van der Waals surface area contributed by atoms with E-state index in [9.17, 15) is 22.8 Å². The molecule has 1 unspecified atom stereocenters. The molecule has 1 aromatic heterocycles. The third kappa shape index (κ3) is 4.22. The van der Waals surface area contributed by atoms with Crippen LogP contribution in [0.15, 0.2) is 59.6 Å². The summed E-state index contributed by atoms with van der Waals surface area (Å²) in [5.74, 6) is 0.142. The number of fused-ring (bicyclic) bond motifs is 1. The van der Waals surface area contributed by atoms with Gasteiger partial charge < -0.3 is 10.1 Å². The molecule has 2 aromatic carbocycles. The Morgan fingerprint density at radius 3 is 2.50 bits per heavy atom. The number of carbonyl (C=O) groups excluding carboxylic acids is 2. The Morgan fingerprint density at radius 2 is 1.84 bits per heavy atom. The molecule has 0 spiro atoms. The third-order valence-electron chi connectivity index (χ3n) is 5.17. The number of ether oxygens (including phenoxy) is 1. The van der Waals surface area contributed by atoms with Crippen molar-refractivity contribution < 1.29 is 27.5 Å². The van der Waals surface area contributed by atoms with Crippen LogP contribution in [-0.4, -0.2) is 35.1 Å². The largest absolute Gasteiger partial charge is 0.497 e. The Hall–Kier alpha value is -3.27. The van der Waals surface area contributed by atoms with Gasteiger partial charge in [-0.15, -0.1) is 0 Å². The van der Waals surface area contributed by atoms with Gasteiger partial charge in [0, 0.05) is 22.9 Å². The molecule has 1 aliphatic heterocycles. The lowest BCUT2D eigenvalue weighted by molar-refractivity contribution is -0.121. The van der Waals surface area contributed by atoms with Gasteiger partial charge in [-0.05, 0) is 72.8 Å². The fourth-order valence-electron chi connectivity index (χ4n) is 3.68. The number of amides is 3. The van der Waals surface area contributed by atoms with E-state index >= 15 is 0 Å². The number of thioether (sulfide) groups is 1. The number of aromatic nitrogens is 1. The van der Waals surface area contributed by atoms with Crippen LogP contribution in [0.2, 0.25) is 0 Å². The summed E-state index contributed by atoms with van der Waals surface area (Å²) < 4.78 is 42.9. The average Bonchev–Trinajstić information content (AvgIpc) is 2.95. The molecule has 1 atom stereocenters. The lowest BCUT2D eigenvalue weighted by Crippen LogP contribution is -2.46. The number of nitrogens with one attached hydrogen (secondary N) is 1. The quantitative estimate of drug-likeness (QED) is 0.432. The molecule has 0 aliphatic carbocycles. The van der Waals surface area contributed by atoms with Crippen LogP contribution in [0, 0.1) is 0 Å². The Labute approximate surface area is 185 Å². The van der Waals surface area contributed by atoms with Crippen molar-refractivity contribution in [2.45, 2.75) is 29.3 Å². The molecule has 0 bridgehead atoms. The first-order valence-electron chi connectivity index (χ1n) is 9.54. The number of hydrogen-bond acceptors (Lipinski definition) is 5. The standard InChI is InChI=1S/C22H18F3N3O3S/c1-21(12-13-9-10-26-18-8-5-15(31-2)11-17(13)18)19(29)28(20(30)27-21)14-3-6-16(7-4-14)32-22(23,24)25/h3-11H,12H2,1-2H3,(H,27,30). The van der Waals surface area contributed by atoms with Crippen LogP contribution in [0.4, 0.5) is 23.7 Å². The smallest absolute Gasteiger partial charge is 0.446 e. The number of pyridine rings is 1. The first kappa shape index (κ1) is 21.9. The van der Waals surface area contributed by atoms with E-state index in [1.165, 1.54) is 24.3 Å². The van der Waals surface area contributed by atoms with Gasteiger partial charge in [-0.3, -0.25) is 9.78 Å². The topological polar surface area (TPSA) is 71.5 Å². The van der Waals surface area contributed by atoms with Gasteiger partial charge in [-0.2, -0.15) is 13.2 Å². The van der Waals surface area contributed by atoms with Crippen molar-refractivity contribution in [3.8, 4) is 5.75 Å². The summed E-state index contributed by atoms with van der Waals surface area (Å²) in [4.78, 5) is 31.1. The molecule has 1 fully saturated rings. The molecule has 6 nitrogen and oxygen atoms in total. The Morgan fingerprint density at radius 1 is 1.12 bits per heavy atom. The highest BCUT2D eigenvalue weighted by molar-refractivity contribution is 8.00. The predicted molar refractivity (Wildman–Crippen MR) is 115 cm³/mol. The molecule has 1 aliphatic rings. The van der Waals surface area contributed by atoms with Gasteiger partial charge in [0.15, 0.2) is 0 Å². The molecule has 1 saturated heterocycles. The maximum absolute atomic E-state index is 13.2. The van der Waals surface area contributed by atoms with E-state index < -0.39 is 23.0 Å². The van der Waals surface area contributed by atoms with Gasteiger partial charge in [0.1, 0.15) is 11.3 Å². The number of methoxy groups -OCH3 is 1. The molecule has 166 valence electrons. The highest BCUT2D eigenvalue weighted by atomic mass is 32.2. The van der Waals surface area contributed by atoms with Crippen molar-refractivity contribution in [1.29, 1.82) is 0 Å². The molecular weight excluding hydrogens is 443 g/mol. The molecule has 2 heterocycles. The van der Waals surface area contributed by atoms with Gasteiger partial charge in [0.25, 0.3) is 5.91 Å². The first-order chi connectivity index (χ1) is 15.1. The number of urea groups is 1. The zero-order valence-corrected chi connectivity index (χ0v) is 17.9. The Kier molecular flexibility index (Phi) is 5.49. The zero-order valence-electron chi connectivity index (χ0n) is 17.1. The summed E-state index contributed by atoms with van der Waals surface area (Å²) in [6, 6.07) is 11.7. The minimum absolute atomic E-state index is 0.0340. The molecule has 1 N–H and O–H groups in total. The van der Waals surface area contributed by atoms with E-state index in [-0.39, 0.29) is 28.8 Å². The van der Waals surface area contributed by atoms with Crippen LogP contribution >= 0.6 is 11.8 Å². The van der Waals surface area contributed by atoms with Crippen LogP contribution in [0.3, 0.4) is 0 Å². The second-order valence-electron chi connectivity index (χ2n) is 7.47. The van der Waals surface area contributed by atoms with Crippen LogP contribution < -0.4 is 15.0 Å². The minimum atomic E-state index is -4.42. The molecule has 32 heavy (non-hydrogen) atoms. The highest BCUT2D eigenvalue weighted by Crippen LogP contribution is 2.38. The molecule has 0 radical (unpaired) electrons. The van der Waals surface area contributed by atoms with Crippen molar-refractivity contribution in [2.24, 2.45) is 0 Å². The number of rotatable bonds is 5. The Bertz CT molecular complexity index is 1200. The molecule has 4 rings (SSSR count). The van der Waals surface area contributed by atoms with Crippen LogP contribution in [0.25, 0.3) is 10.9 Å². The van der Waals surface area contributed by atoms with Crippen molar-refractivity contribution in [2.75, 3.05) is 12.0 Å². The number of benzene rings is 2. The number of hydrogen-bond donors (Lipinski definition) is 1. The zero-order chi connectivity index (χ0) is 23.1. The number of nitrogens with zero attached hydrogens (tertiary/aromatic N) is 2. The van der Waals surface area contributed by atoms with Gasteiger partial charge in [-0.1, -0.05) is 0 Å². The molecule has 3 amide bonds. The van der Waals surface area contributed by atoms with Crippen LogP contribution in [0.1, 0.15) is 12.5 Å². The normalized spacial score (nSPS) is 18.8. The van der Waals surface area contributed by atoms with Gasteiger partial charge in [-0.25, -0.2) is 9.69 Å². The average molecular weight is 461 g/mol. The fraction of sp³-hybridized carbons (Fsp3) is 0.227. The SMILES string of the molecule is COc1ccc2nccc(CC3(C)NC(=O)N(c4ccc(SC(F)(F)F)cc4)C3=O)c2c1. The van der Waals surface area contributed by atoms with Crippen molar-refractivity contribution in [3.05, 3.63) is 60.3 Å². The third-order valence-corrected chi connectivity index (χ3v) is 5.91. The molecule has 10 heteroatoms. The van der Waals surface area contributed by atoms with Crippen LogP contribution in [0.5, 0.6) is 5.75 Å². The van der Waals surface area contributed by atoms with Gasteiger partial charge >= 0.3 is 11.5 Å². The first-order valence-corrected chi connectivity index (χ1v) is 10.4. The number of alkyl halides is 3. The number of halogens is 3. The molecule has 3 aromatic rings. The maximum atomic E-state index is 13.2. The fourth-order valence-corrected chi connectivity index (χ4v) is 4.22. The van der Waals surface area contributed by atoms with Gasteiger partial charge in [0.2, 0.25) is 0 Å². The van der Waals surface area contributed by atoms with Crippen LogP contribution in [-0.2, 0) is 11.2 Å². The van der Waals surface area contributed by atoms with Gasteiger partial charge in [0.05, 0.1) is 18.3 Å². The molecule has 0 saturated carbocycles. The second kappa shape index (κ2) is 8.01. The second-order valence-corrected chi connectivity index (χ2v) is 8.61. The summed E-state index contributed by atoms with van der Waals surface area (Å²) in [7, 11) is 1.55. The van der Waals surface area contributed by atoms with E-state index in [2.05, 4.69) is 10.3 Å². The number of anilines is 1. The van der Waals surface area contributed by atoms with Crippen molar-refractivity contribution in [1.82, 2.24) is 10.3 Å². The maximum Gasteiger partial charge on any atom is 0.446 e. The lowest BCUT2D eigenvalue weighted by Gasteiger charge is -2.22. The molecular formula is C22H18F3N3O3S. The van der Waals surface area contributed by atoms with Crippen molar-refractivity contribution in [3.63, 3.8) is 0 Å². The van der Waals surface area contributed by atoms with Crippen molar-refractivity contribution >= 4 is 40.3 Å². The summed E-state index contributed by atoms with van der Waals surface area (Å²) in [5, 5.41) is 3.52. The van der Waals surface area contributed by atoms with E-state index in [1.807, 2.05) is 12.1 Å².